The van der Waals surface area contributed by atoms with Crippen molar-refractivity contribution in [2.24, 2.45) is 0 Å². The van der Waals surface area contributed by atoms with Crippen LogP contribution in [-0.4, -0.2) is 9.97 Å². The molecule has 2 heterocycles. The summed E-state index contributed by atoms with van der Waals surface area (Å²) in [6, 6.07) is 17.9. The Labute approximate surface area is 104 Å². The van der Waals surface area contributed by atoms with Crippen molar-refractivity contribution in [3.63, 3.8) is 0 Å². The number of para-hydroxylation sites is 3. The van der Waals surface area contributed by atoms with Gasteiger partial charge in [0.2, 0.25) is 0 Å². The van der Waals surface area contributed by atoms with Crippen molar-refractivity contribution in [2.75, 3.05) is 0 Å². The molecule has 0 atom stereocenters. The lowest BCUT2D eigenvalue weighted by atomic mass is 10.3. The van der Waals surface area contributed by atoms with Crippen LogP contribution < -0.4 is 0 Å². The minimum absolute atomic E-state index is 0.845. The molecule has 0 saturated carbocycles. The molecule has 0 saturated heterocycles. The Morgan fingerprint density at radius 3 is 2.61 bits per heavy atom. The third-order valence-corrected chi connectivity index (χ3v) is 2.70. The first-order valence-electron chi connectivity index (χ1n) is 5.74. The molecule has 0 aliphatic rings. The Balaban J connectivity index is 0.000000111. The van der Waals surface area contributed by atoms with Crippen LogP contribution in [0.5, 0.6) is 0 Å². The average Bonchev–Trinajstić information content (AvgIpc) is 3.08. The van der Waals surface area contributed by atoms with Crippen molar-refractivity contribution in [3.05, 3.63) is 67.2 Å². The Morgan fingerprint density at radius 2 is 1.72 bits per heavy atom. The van der Waals surface area contributed by atoms with E-state index in [0.29, 0.717) is 0 Å². The molecule has 0 unspecified atom stereocenters. The summed E-state index contributed by atoms with van der Waals surface area (Å²) >= 11 is 0. The minimum atomic E-state index is 0.845. The molecule has 2 aromatic carbocycles. The smallest absolute Gasteiger partial charge is 0.181 e. The number of nitrogens with one attached hydrogen (secondary N) is 1. The SMILES string of the molecule is c1ccc2[nH]ccc2c1.c1ccc2ocnc2c1. The van der Waals surface area contributed by atoms with E-state index in [0.717, 1.165) is 11.1 Å². The van der Waals surface area contributed by atoms with E-state index in [1.165, 1.54) is 17.3 Å². The fourth-order valence-electron chi connectivity index (χ4n) is 1.80. The zero-order chi connectivity index (χ0) is 12.2. The first-order valence-corrected chi connectivity index (χ1v) is 5.74. The molecule has 4 aromatic rings. The molecule has 1 N–H and O–H groups in total. The first kappa shape index (κ1) is 10.6. The molecule has 4 rings (SSSR count). The maximum Gasteiger partial charge on any atom is 0.181 e. The van der Waals surface area contributed by atoms with E-state index in [1.807, 2.05) is 42.6 Å². The fraction of sp³-hybridized carbons (Fsp3) is 0. The summed E-state index contributed by atoms with van der Waals surface area (Å²) < 4.78 is 5.01. The average molecular weight is 236 g/mol. The third kappa shape index (κ3) is 2.11. The van der Waals surface area contributed by atoms with Crippen molar-refractivity contribution in [1.29, 1.82) is 0 Å². The maximum absolute atomic E-state index is 5.01. The van der Waals surface area contributed by atoms with Gasteiger partial charge in [0.05, 0.1) is 0 Å². The van der Waals surface area contributed by atoms with Gasteiger partial charge in [0.25, 0.3) is 0 Å². The zero-order valence-corrected chi connectivity index (χ0v) is 9.71. The van der Waals surface area contributed by atoms with E-state index >= 15 is 0 Å². The van der Waals surface area contributed by atoms with Gasteiger partial charge in [-0.2, -0.15) is 0 Å². The first-order chi connectivity index (χ1) is 8.93. The minimum Gasteiger partial charge on any atom is -0.443 e. The van der Waals surface area contributed by atoms with E-state index in [9.17, 15) is 0 Å². The molecule has 88 valence electrons. The van der Waals surface area contributed by atoms with E-state index in [4.69, 9.17) is 4.42 Å². The zero-order valence-electron chi connectivity index (χ0n) is 9.71. The van der Waals surface area contributed by atoms with Gasteiger partial charge in [-0.25, -0.2) is 4.98 Å². The van der Waals surface area contributed by atoms with Crippen molar-refractivity contribution in [3.8, 4) is 0 Å². The van der Waals surface area contributed by atoms with Crippen LogP contribution in [0.1, 0.15) is 0 Å². The van der Waals surface area contributed by atoms with Gasteiger partial charge in [0.15, 0.2) is 12.0 Å². The van der Waals surface area contributed by atoms with Crippen molar-refractivity contribution in [2.45, 2.75) is 0 Å². The molecule has 0 bridgehead atoms. The Morgan fingerprint density at radius 1 is 0.889 bits per heavy atom. The molecule has 0 aliphatic carbocycles. The molecule has 3 heteroatoms. The number of aromatic nitrogens is 2. The maximum atomic E-state index is 5.01. The number of oxazole rings is 1. The second-order valence-electron chi connectivity index (χ2n) is 3.89. The summed E-state index contributed by atoms with van der Waals surface area (Å²) in [6.07, 6.45) is 3.40. The number of hydrogen-bond donors (Lipinski definition) is 1. The Hall–Kier alpha value is -2.55. The van der Waals surface area contributed by atoms with Crippen LogP contribution in [0.15, 0.2) is 71.6 Å². The van der Waals surface area contributed by atoms with Gasteiger partial charge in [-0.15, -0.1) is 0 Å². The standard InChI is InChI=1S/C8H7N.C7H5NO/c1-2-4-8-7(3-1)5-6-9-8;1-2-4-7-6(3-1)8-5-9-7/h1-6,9H;1-5H. The summed E-state index contributed by atoms with van der Waals surface area (Å²) in [5.41, 5.74) is 2.97. The van der Waals surface area contributed by atoms with E-state index in [1.54, 1.807) is 0 Å². The van der Waals surface area contributed by atoms with Crippen LogP contribution in [0.3, 0.4) is 0 Å². The quantitative estimate of drug-likeness (QED) is 0.501. The number of fused-ring (bicyclic) bond motifs is 2. The molecule has 0 spiro atoms. The third-order valence-electron chi connectivity index (χ3n) is 2.70. The molecular weight excluding hydrogens is 224 g/mol. The van der Waals surface area contributed by atoms with Gasteiger partial charge in [-0.3, -0.25) is 0 Å². The van der Waals surface area contributed by atoms with E-state index < -0.39 is 0 Å². The molecule has 0 aliphatic heterocycles. The lowest BCUT2D eigenvalue weighted by Gasteiger charge is -1.83. The van der Waals surface area contributed by atoms with Crippen molar-refractivity contribution < 1.29 is 4.42 Å². The van der Waals surface area contributed by atoms with Crippen molar-refractivity contribution >= 4 is 22.0 Å². The van der Waals surface area contributed by atoms with Crippen molar-refractivity contribution in [1.82, 2.24) is 9.97 Å². The highest BCUT2D eigenvalue weighted by Gasteiger charge is 1.91. The highest BCUT2D eigenvalue weighted by Crippen LogP contribution is 2.09. The molecule has 0 fully saturated rings. The molecule has 2 aromatic heterocycles. The monoisotopic (exact) mass is 236 g/mol. The highest BCUT2D eigenvalue weighted by atomic mass is 16.3. The van der Waals surface area contributed by atoms with Crippen LogP contribution in [0.4, 0.5) is 0 Å². The number of rotatable bonds is 0. The second-order valence-corrected chi connectivity index (χ2v) is 3.89. The van der Waals surface area contributed by atoms with Crippen LogP contribution in [0, 0.1) is 0 Å². The number of hydrogen-bond acceptors (Lipinski definition) is 2. The lowest BCUT2D eigenvalue weighted by molar-refractivity contribution is 0.602. The van der Waals surface area contributed by atoms with Gasteiger partial charge in [0.1, 0.15) is 5.52 Å². The number of H-pyrrole nitrogens is 1. The predicted molar refractivity (Wildman–Crippen MR) is 72.3 cm³/mol. The van der Waals surface area contributed by atoms with Gasteiger partial charge >= 0.3 is 0 Å². The number of nitrogens with zero attached hydrogens (tertiary/aromatic N) is 1. The van der Waals surface area contributed by atoms with E-state index in [-0.39, 0.29) is 0 Å². The van der Waals surface area contributed by atoms with Gasteiger partial charge in [-0.05, 0) is 29.7 Å². The molecule has 18 heavy (non-hydrogen) atoms. The summed E-state index contributed by atoms with van der Waals surface area (Å²) in [6.45, 7) is 0. The van der Waals surface area contributed by atoms with Crippen LogP contribution >= 0.6 is 0 Å². The predicted octanol–water partition coefficient (Wildman–Crippen LogP) is 4.00. The fourth-order valence-corrected chi connectivity index (χ4v) is 1.80. The molecule has 0 radical (unpaired) electrons. The molecule has 3 nitrogen and oxygen atoms in total. The summed E-state index contributed by atoms with van der Waals surface area (Å²) in [4.78, 5) is 7.07. The van der Waals surface area contributed by atoms with E-state index in [2.05, 4.69) is 28.2 Å². The largest absolute Gasteiger partial charge is 0.443 e. The Kier molecular flexibility index (Phi) is 2.80. The molecule has 0 amide bonds. The topological polar surface area (TPSA) is 41.8 Å². The number of aromatic amines is 1. The van der Waals surface area contributed by atoms with Crippen LogP contribution in [0.2, 0.25) is 0 Å². The lowest BCUT2D eigenvalue weighted by Crippen LogP contribution is -1.61. The number of benzene rings is 2. The molecular formula is C15H12N2O. The normalized spacial score (nSPS) is 10.2. The summed E-state index contributed by atoms with van der Waals surface area (Å²) in [7, 11) is 0. The van der Waals surface area contributed by atoms with Gasteiger partial charge in [-0.1, -0.05) is 30.3 Å². The van der Waals surface area contributed by atoms with Crippen LogP contribution in [0.25, 0.3) is 22.0 Å². The van der Waals surface area contributed by atoms with Crippen LogP contribution in [-0.2, 0) is 0 Å². The summed E-state index contributed by atoms with van der Waals surface area (Å²) in [5.74, 6) is 0. The van der Waals surface area contributed by atoms with Gasteiger partial charge in [0, 0.05) is 11.7 Å². The summed E-state index contributed by atoms with van der Waals surface area (Å²) in [5, 5.41) is 1.28. The highest BCUT2D eigenvalue weighted by molar-refractivity contribution is 5.78. The van der Waals surface area contributed by atoms with Gasteiger partial charge < -0.3 is 9.40 Å². The Bertz CT molecular complexity index is 628. The second kappa shape index (κ2) is 4.75.